The summed E-state index contributed by atoms with van der Waals surface area (Å²) in [5.74, 6) is -3.89. The first kappa shape index (κ1) is 14.1. The number of nitrogens with zero attached hydrogens (tertiary/aromatic N) is 2. The summed E-state index contributed by atoms with van der Waals surface area (Å²) >= 11 is 0. The summed E-state index contributed by atoms with van der Waals surface area (Å²) in [5, 5.41) is 0. The lowest BCUT2D eigenvalue weighted by atomic mass is 10.0. The Labute approximate surface area is 105 Å². The first-order valence-electron chi connectivity index (χ1n) is 6.58. The lowest BCUT2D eigenvalue weighted by Gasteiger charge is -2.44. The van der Waals surface area contributed by atoms with E-state index >= 15 is 0 Å². The molecule has 0 aromatic rings. The zero-order valence-electron chi connectivity index (χ0n) is 10.6. The molecule has 0 radical (unpaired) electrons. The quantitative estimate of drug-likeness (QED) is 0.723. The molecule has 0 aliphatic carbocycles. The van der Waals surface area contributed by atoms with E-state index in [0.717, 1.165) is 32.4 Å². The molecule has 106 valence electrons. The Morgan fingerprint density at radius 3 is 2.61 bits per heavy atom. The topological polar surface area (TPSA) is 6.48 Å². The van der Waals surface area contributed by atoms with Gasteiger partial charge in [-0.3, -0.25) is 9.80 Å². The summed E-state index contributed by atoms with van der Waals surface area (Å²) in [6.07, 6.45) is -0.771. The highest BCUT2D eigenvalue weighted by Crippen LogP contribution is 2.30. The SMILES string of the molecule is CCC1CN2CCCC2CN1CC(F)(F)C(F)F. The molecule has 0 saturated carbocycles. The van der Waals surface area contributed by atoms with Crippen LogP contribution in [0.4, 0.5) is 17.6 Å². The van der Waals surface area contributed by atoms with Crippen molar-refractivity contribution in [1.29, 1.82) is 0 Å². The highest BCUT2D eigenvalue weighted by atomic mass is 19.3. The second-order valence-electron chi connectivity index (χ2n) is 5.34. The Hall–Kier alpha value is -0.360. The van der Waals surface area contributed by atoms with Crippen LogP contribution in [0.5, 0.6) is 0 Å². The molecule has 6 heteroatoms. The van der Waals surface area contributed by atoms with Crippen molar-refractivity contribution >= 4 is 0 Å². The van der Waals surface area contributed by atoms with Crippen molar-refractivity contribution in [2.45, 2.75) is 50.6 Å². The molecule has 0 bridgehead atoms. The molecule has 2 unspecified atom stereocenters. The summed E-state index contributed by atoms with van der Waals surface area (Å²) in [6, 6.07) is 0.255. The second-order valence-corrected chi connectivity index (χ2v) is 5.34. The van der Waals surface area contributed by atoms with Crippen LogP contribution in [0.25, 0.3) is 0 Å². The van der Waals surface area contributed by atoms with Gasteiger partial charge in [0.2, 0.25) is 0 Å². The molecule has 0 spiro atoms. The highest BCUT2D eigenvalue weighted by molar-refractivity contribution is 4.93. The number of fused-ring (bicyclic) bond motifs is 1. The zero-order valence-corrected chi connectivity index (χ0v) is 10.6. The van der Waals surface area contributed by atoms with Crippen molar-refractivity contribution in [3.05, 3.63) is 0 Å². The molecule has 2 aliphatic heterocycles. The Balaban J connectivity index is 2.01. The predicted molar refractivity (Wildman–Crippen MR) is 61.2 cm³/mol. The number of hydrogen-bond donors (Lipinski definition) is 0. The second kappa shape index (κ2) is 5.33. The van der Waals surface area contributed by atoms with Crippen molar-refractivity contribution in [2.24, 2.45) is 0 Å². The number of hydrogen-bond acceptors (Lipinski definition) is 2. The molecule has 0 aromatic heterocycles. The standard InChI is InChI=1S/C12H20F4N2/c1-2-9-6-17-5-3-4-10(17)7-18(9)8-12(15,16)11(13)14/h9-11H,2-8H2,1H3. The number of alkyl halides is 4. The van der Waals surface area contributed by atoms with Gasteiger partial charge in [0.1, 0.15) is 0 Å². The van der Waals surface area contributed by atoms with E-state index in [1.165, 1.54) is 0 Å². The van der Waals surface area contributed by atoms with Crippen LogP contribution in [-0.4, -0.2) is 60.4 Å². The Morgan fingerprint density at radius 1 is 1.28 bits per heavy atom. The van der Waals surface area contributed by atoms with E-state index in [2.05, 4.69) is 4.90 Å². The maximum absolute atomic E-state index is 13.2. The van der Waals surface area contributed by atoms with Crippen LogP contribution in [0, 0.1) is 0 Å². The van der Waals surface area contributed by atoms with Gasteiger partial charge in [0.15, 0.2) is 0 Å². The first-order valence-corrected chi connectivity index (χ1v) is 6.58. The third kappa shape index (κ3) is 2.79. The van der Waals surface area contributed by atoms with Crippen molar-refractivity contribution in [1.82, 2.24) is 9.80 Å². The maximum atomic E-state index is 13.2. The minimum atomic E-state index is -3.89. The third-order valence-corrected chi connectivity index (χ3v) is 4.11. The van der Waals surface area contributed by atoms with Gasteiger partial charge in [-0.05, 0) is 25.8 Å². The molecule has 2 rings (SSSR count). The van der Waals surface area contributed by atoms with Gasteiger partial charge in [-0.1, -0.05) is 6.92 Å². The summed E-state index contributed by atoms with van der Waals surface area (Å²) in [7, 11) is 0. The van der Waals surface area contributed by atoms with Crippen molar-refractivity contribution in [3.8, 4) is 0 Å². The number of rotatable bonds is 4. The van der Waals surface area contributed by atoms with Gasteiger partial charge in [-0.2, -0.15) is 8.78 Å². The first-order chi connectivity index (χ1) is 8.44. The number of halogens is 4. The van der Waals surface area contributed by atoms with Gasteiger partial charge in [0.05, 0.1) is 6.54 Å². The Kier molecular flexibility index (Phi) is 4.16. The van der Waals surface area contributed by atoms with E-state index in [4.69, 9.17) is 0 Å². The lowest BCUT2D eigenvalue weighted by Crippen LogP contribution is -2.58. The minimum Gasteiger partial charge on any atom is -0.298 e. The van der Waals surface area contributed by atoms with E-state index in [0.29, 0.717) is 6.54 Å². The largest absolute Gasteiger partial charge is 0.319 e. The van der Waals surface area contributed by atoms with Crippen LogP contribution in [-0.2, 0) is 0 Å². The summed E-state index contributed by atoms with van der Waals surface area (Å²) in [4.78, 5) is 3.88. The molecule has 2 saturated heterocycles. The van der Waals surface area contributed by atoms with E-state index in [1.54, 1.807) is 4.90 Å². The molecule has 0 aromatic carbocycles. The molecule has 2 fully saturated rings. The smallest absolute Gasteiger partial charge is 0.298 e. The van der Waals surface area contributed by atoms with Crippen LogP contribution in [0.3, 0.4) is 0 Å². The van der Waals surface area contributed by atoms with Gasteiger partial charge in [-0.15, -0.1) is 0 Å². The van der Waals surface area contributed by atoms with Crippen LogP contribution < -0.4 is 0 Å². The van der Waals surface area contributed by atoms with E-state index in [-0.39, 0.29) is 12.1 Å². The van der Waals surface area contributed by atoms with E-state index in [9.17, 15) is 17.6 Å². The molecule has 18 heavy (non-hydrogen) atoms. The fraction of sp³-hybridized carbons (Fsp3) is 1.00. The highest BCUT2D eigenvalue weighted by Gasteiger charge is 2.45. The molecule has 0 N–H and O–H groups in total. The molecule has 2 nitrogen and oxygen atoms in total. The monoisotopic (exact) mass is 268 g/mol. The predicted octanol–water partition coefficient (Wildman–Crippen LogP) is 2.45. The Morgan fingerprint density at radius 2 is 2.00 bits per heavy atom. The molecular weight excluding hydrogens is 248 g/mol. The zero-order chi connectivity index (χ0) is 13.3. The van der Waals surface area contributed by atoms with Gasteiger partial charge in [0, 0.05) is 25.2 Å². The van der Waals surface area contributed by atoms with Crippen LogP contribution in [0.2, 0.25) is 0 Å². The Bertz CT molecular complexity index is 285. The van der Waals surface area contributed by atoms with Crippen molar-refractivity contribution in [2.75, 3.05) is 26.2 Å². The van der Waals surface area contributed by atoms with Gasteiger partial charge in [0.25, 0.3) is 0 Å². The van der Waals surface area contributed by atoms with Crippen LogP contribution in [0.1, 0.15) is 26.2 Å². The average Bonchev–Trinajstić information content (AvgIpc) is 2.74. The molecule has 2 atom stereocenters. The summed E-state index contributed by atoms with van der Waals surface area (Å²) < 4.78 is 50.9. The van der Waals surface area contributed by atoms with E-state index in [1.807, 2.05) is 6.92 Å². The minimum absolute atomic E-state index is 0.0241. The van der Waals surface area contributed by atoms with E-state index < -0.39 is 18.9 Å². The summed E-state index contributed by atoms with van der Waals surface area (Å²) in [5.41, 5.74) is 0. The fourth-order valence-corrected chi connectivity index (χ4v) is 3.07. The van der Waals surface area contributed by atoms with Crippen molar-refractivity contribution in [3.63, 3.8) is 0 Å². The van der Waals surface area contributed by atoms with Crippen LogP contribution in [0.15, 0.2) is 0 Å². The van der Waals surface area contributed by atoms with Gasteiger partial charge in [-0.25, -0.2) is 8.78 Å². The van der Waals surface area contributed by atoms with Crippen molar-refractivity contribution < 1.29 is 17.6 Å². The van der Waals surface area contributed by atoms with Crippen LogP contribution >= 0.6 is 0 Å². The van der Waals surface area contributed by atoms with Gasteiger partial charge < -0.3 is 0 Å². The number of piperazine rings is 1. The third-order valence-electron chi connectivity index (χ3n) is 4.11. The molecular formula is C12H20F4N2. The average molecular weight is 268 g/mol. The maximum Gasteiger partial charge on any atom is 0.319 e. The molecule has 0 amide bonds. The summed E-state index contributed by atoms with van der Waals surface area (Å²) in [6.45, 7) is 3.36. The fourth-order valence-electron chi connectivity index (χ4n) is 3.07. The van der Waals surface area contributed by atoms with Gasteiger partial charge >= 0.3 is 12.3 Å². The normalized spacial score (nSPS) is 31.0. The lowest BCUT2D eigenvalue weighted by molar-refractivity contribution is -0.152. The molecule has 2 heterocycles. The molecule has 2 aliphatic rings.